The van der Waals surface area contributed by atoms with Gasteiger partial charge in [-0.15, -0.1) is 0 Å². The van der Waals surface area contributed by atoms with E-state index in [0.29, 0.717) is 30.1 Å². The molecule has 5 nitrogen and oxygen atoms in total. The molecule has 23 heavy (non-hydrogen) atoms. The van der Waals surface area contributed by atoms with Gasteiger partial charge in [0.05, 0.1) is 12.6 Å². The number of aliphatic hydroxyl groups excluding tert-OH is 1. The first-order valence-electron chi connectivity index (χ1n) is 8.16. The van der Waals surface area contributed by atoms with Gasteiger partial charge in [-0.1, -0.05) is 11.6 Å². The summed E-state index contributed by atoms with van der Waals surface area (Å²) in [5.41, 5.74) is -0.709. The highest BCUT2D eigenvalue weighted by molar-refractivity contribution is 6.30. The van der Waals surface area contributed by atoms with E-state index in [-0.39, 0.29) is 12.5 Å². The molecule has 0 aliphatic carbocycles. The summed E-state index contributed by atoms with van der Waals surface area (Å²) in [6.45, 7) is 2.91. The lowest BCUT2D eigenvalue weighted by Crippen LogP contribution is -2.62. The lowest BCUT2D eigenvalue weighted by atomic mass is 9.88. The number of halogens is 1. The molecule has 0 spiro atoms. The van der Waals surface area contributed by atoms with Gasteiger partial charge in [-0.05, 0) is 56.6 Å². The van der Waals surface area contributed by atoms with Crippen molar-refractivity contribution in [3.63, 3.8) is 0 Å². The van der Waals surface area contributed by atoms with E-state index in [1.165, 1.54) is 0 Å². The normalized spacial score (nSPS) is 29.0. The average Bonchev–Trinajstić information content (AvgIpc) is 3.03. The van der Waals surface area contributed by atoms with Gasteiger partial charge in [0.1, 0.15) is 5.60 Å². The summed E-state index contributed by atoms with van der Waals surface area (Å²) in [4.78, 5) is 16.4. The second-order valence-electron chi connectivity index (χ2n) is 6.62. The van der Waals surface area contributed by atoms with Crippen LogP contribution in [-0.4, -0.2) is 70.3 Å². The van der Waals surface area contributed by atoms with E-state index in [0.717, 1.165) is 25.9 Å². The van der Waals surface area contributed by atoms with Crippen LogP contribution in [0.3, 0.4) is 0 Å². The Kier molecular flexibility index (Phi) is 4.92. The van der Waals surface area contributed by atoms with E-state index >= 15 is 0 Å². The van der Waals surface area contributed by atoms with E-state index in [1.807, 2.05) is 0 Å². The maximum Gasteiger partial charge on any atom is 0.253 e. The fourth-order valence-corrected chi connectivity index (χ4v) is 3.62. The number of hydrogen-bond donors (Lipinski definition) is 2. The van der Waals surface area contributed by atoms with E-state index in [1.54, 1.807) is 29.2 Å². The predicted molar refractivity (Wildman–Crippen MR) is 88.6 cm³/mol. The van der Waals surface area contributed by atoms with Crippen LogP contribution in [0.2, 0.25) is 5.02 Å². The molecule has 0 radical (unpaired) electrons. The van der Waals surface area contributed by atoms with Crippen LogP contribution in [0.5, 0.6) is 0 Å². The molecule has 2 N–H and O–H groups in total. The average molecular weight is 339 g/mol. The van der Waals surface area contributed by atoms with E-state index in [9.17, 15) is 15.0 Å². The molecule has 126 valence electrons. The van der Waals surface area contributed by atoms with Crippen LogP contribution in [0.25, 0.3) is 0 Å². The van der Waals surface area contributed by atoms with Crippen LogP contribution in [0.15, 0.2) is 24.3 Å². The lowest BCUT2D eigenvalue weighted by molar-refractivity contribution is -0.124. The molecule has 0 aromatic heterocycles. The highest BCUT2D eigenvalue weighted by Crippen LogP contribution is 2.26. The van der Waals surface area contributed by atoms with Crippen LogP contribution in [0.1, 0.15) is 29.6 Å². The summed E-state index contributed by atoms with van der Waals surface area (Å²) in [6, 6.07) is 6.75. The van der Waals surface area contributed by atoms with Gasteiger partial charge in [0.15, 0.2) is 0 Å². The fourth-order valence-electron chi connectivity index (χ4n) is 3.49. The molecule has 0 bridgehead atoms. The Morgan fingerprint density at radius 3 is 2.52 bits per heavy atom. The molecule has 1 aromatic rings. The SMILES string of the molecule is O=C(c1ccc(Cl)cc1)N1CC[C@H](O)[C@@](O)(CN2CCCC2)C1. The Labute approximate surface area is 141 Å². The van der Waals surface area contributed by atoms with Gasteiger partial charge in [-0.25, -0.2) is 0 Å². The summed E-state index contributed by atoms with van der Waals surface area (Å²) in [7, 11) is 0. The van der Waals surface area contributed by atoms with Gasteiger partial charge in [0.2, 0.25) is 0 Å². The summed E-state index contributed by atoms with van der Waals surface area (Å²) >= 11 is 5.86. The van der Waals surface area contributed by atoms with E-state index in [2.05, 4.69) is 4.90 Å². The van der Waals surface area contributed by atoms with Crippen LogP contribution in [0, 0.1) is 0 Å². The highest BCUT2D eigenvalue weighted by atomic mass is 35.5. The molecule has 3 rings (SSSR count). The lowest BCUT2D eigenvalue weighted by Gasteiger charge is -2.44. The molecular weight excluding hydrogens is 316 g/mol. The molecule has 2 saturated heterocycles. The summed E-state index contributed by atoms with van der Waals surface area (Å²) in [5.74, 6) is -0.131. The molecule has 2 heterocycles. The molecule has 2 aliphatic heterocycles. The topological polar surface area (TPSA) is 64.0 Å². The first-order valence-corrected chi connectivity index (χ1v) is 8.53. The predicted octanol–water partition coefficient (Wildman–Crippen LogP) is 1.37. The first-order chi connectivity index (χ1) is 11.0. The minimum absolute atomic E-state index is 0.131. The molecule has 0 unspecified atom stereocenters. The van der Waals surface area contributed by atoms with Gasteiger partial charge >= 0.3 is 0 Å². The van der Waals surface area contributed by atoms with Crippen LogP contribution >= 0.6 is 11.6 Å². The van der Waals surface area contributed by atoms with Crippen LogP contribution < -0.4 is 0 Å². The molecule has 1 amide bonds. The first kappa shape index (κ1) is 16.7. The van der Waals surface area contributed by atoms with Crippen LogP contribution in [-0.2, 0) is 0 Å². The zero-order valence-electron chi connectivity index (χ0n) is 13.1. The van der Waals surface area contributed by atoms with Crippen molar-refractivity contribution in [2.45, 2.75) is 31.0 Å². The Balaban J connectivity index is 1.71. The second-order valence-corrected chi connectivity index (χ2v) is 7.06. The van der Waals surface area contributed by atoms with Crippen molar-refractivity contribution in [3.05, 3.63) is 34.9 Å². The number of amides is 1. The van der Waals surface area contributed by atoms with Crippen LogP contribution in [0.4, 0.5) is 0 Å². The Morgan fingerprint density at radius 1 is 1.22 bits per heavy atom. The van der Waals surface area contributed by atoms with Crippen molar-refractivity contribution in [1.29, 1.82) is 0 Å². The molecule has 2 atom stereocenters. The molecular formula is C17H23ClN2O3. The van der Waals surface area contributed by atoms with Crippen molar-refractivity contribution in [2.24, 2.45) is 0 Å². The monoisotopic (exact) mass is 338 g/mol. The van der Waals surface area contributed by atoms with Crippen molar-refractivity contribution in [3.8, 4) is 0 Å². The number of hydrogen-bond acceptors (Lipinski definition) is 4. The van der Waals surface area contributed by atoms with Crippen molar-refractivity contribution < 1.29 is 15.0 Å². The standard InChI is InChI=1S/C17H23ClN2O3/c18-14-5-3-13(4-6-14)16(22)20-10-7-15(21)17(23,12-20)11-19-8-1-2-9-19/h3-6,15,21,23H,1-2,7-12H2/t15-,17+/m0/s1. The van der Waals surface area contributed by atoms with E-state index < -0.39 is 11.7 Å². The third-order valence-corrected chi connectivity index (χ3v) is 5.08. The molecule has 2 fully saturated rings. The quantitative estimate of drug-likeness (QED) is 0.874. The third kappa shape index (κ3) is 3.69. The minimum Gasteiger partial charge on any atom is -0.390 e. The zero-order valence-corrected chi connectivity index (χ0v) is 13.9. The molecule has 6 heteroatoms. The number of piperidine rings is 1. The molecule has 0 saturated carbocycles. The second kappa shape index (κ2) is 6.77. The number of likely N-dealkylation sites (tertiary alicyclic amines) is 2. The van der Waals surface area contributed by atoms with Gasteiger partial charge in [-0.3, -0.25) is 4.79 Å². The number of carbonyl (C=O) groups excluding carboxylic acids is 1. The van der Waals surface area contributed by atoms with Crippen molar-refractivity contribution in [1.82, 2.24) is 9.80 Å². The number of carbonyl (C=O) groups is 1. The highest BCUT2D eigenvalue weighted by Gasteiger charge is 2.44. The third-order valence-electron chi connectivity index (χ3n) is 4.83. The maximum atomic E-state index is 12.6. The Morgan fingerprint density at radius 2 is 1.87 bits per heavy atom. The smallest absolute Gasteiger partial charge is 0.253 e. The van der Waals surface area contributed by atoms with Gasteiger partial charge < -0.3 is 20.0 Å². The molecule has 2 aliphatic rings. The van der Waals surface area contributed by atoms with E-state index in [4.69, 9.17) is 11.6 Å². The summed E-state index contributed by atoms with van der Waals surface area (Å²) in [6.07, 6.45) is 1.85. The number of nitrogens with zero attached hydrogens (tertiary/aromatic N) is 2. The number of rotatable bonds is 3. The molecule has 1 aromatic carbocycles. The van der Waals surface area contributed by atoms with Gasteiger partial charge in [0, 0.05) is 23.7 Å². The van der Waals surface area contributed by atoms with Crippen molar-refractivity contribution in [2.75, 3.05) is 32.7 Å². The van der Waals surface area contributed by atoms with Gasteiger partial charge in [-0.2, -0.15) is 0 Å². The maximum absolute atomic E-state index is 12.6. The number of β-amino-alcohol motifs (C(OH)–C–C–N with tert-alkyl or cyclic N) is 1. The fraction of sp³-hybridized carbons (Fsp3) is 0.588. The number of benzene rings is 1. The Hall–Kier alpha value is -1.14. The minimum atomic E-state index is -1.26. The summed E-state index contributed by atoms with van der Waals surface area (Å²) < 4.78 is 0. The number of aliphatic hydroxyl groups is 2. The largest absolute Gasteiger partial charge is 0.390 e. The Bertz CT molecular complexity index is 559. The van der Waals surface area contributed by atoms with Gasteiger partial charge in [0.25, 0.3) is 5.91 Å². The zero-order chi connectivity index (χ0) is 16.4. The van der Waals surface area contributed by atoms with Crippen molar-refractivity contribution >= 4 is 17.5 Å². The summed E-state index contributed by atoms with van der Waals surface area (Å²) in [5, 5.41) is 21.8.